The van der Waals surface area contributed by atoms with E-state index in [2.05, 4.69) is 167 Å². The summed E-state index contributed by atoms with van der Waals surface area (Å²) in [6, 6.07) is 52.6. The van der Waals surface area contributed by atoms with E-state index in [1.807, 2.05) is 22.7 Å². The molecule has 0 fully saturated rings. The zero-order valence-electron chi connectivity index (χ0n) is 27.5. The van der Waals surface area contributed by atoms with E-state index in [-0.39, 0.29) is 0 Å². The summed E-state index contributed by atoms with van der Waals surface area (Å²) in [6.07, 6.45) is 6.79. The Labute approximate surface area is 302 Å². The van der Waals surface area contributed by atoms with Crippen LogP contribution in [-0.4, -0.2) is 4.57 Å². The van der Waals surface area contributed by atoms with Gasteiger partial charge in [-0.05, 0) is 90.7 Å². The number of hydrogen-bond acceptors (Lipinski definition) is 4. The number of fused-ring (bicyclic) bond motifs is 10. The molecule has 4 aromatic heterocycles. The summed E-state index contributed by atoms with van der Waals surface area (Å²) in [6.45, 7) is 0. The van der Waals surface area contributed by atoms with Gasteiger partial charge in [0.2, 0.25) is 0 Å². The molecule has 0 spiro atoms. The largest absolute Gasteiger partial charge is 0.453 e. The van der Waals surface area contributed by atoms with Crippen molar-refractivity contribution in [2.24, 2.45) is 0 Å². The molecule has 10 aromatic rings. The van der Waals surface area contributed by atoms with Crippen molar-refractivity contribution in [2.75, 3.05) is 4.90 Å². The summed E-state index contributed by atoms with van der Waals surface area (Å²) in [5, 5.41) is 3.76. The Balaban J connectivity index is 1.09. The van der Waals surface area contributed by atoms with Gasteiger partial charge < -0.3 is 13.9 Å². The summed E-state index contributed by atoms with van der Waals surface area (Å²) in [7, 11) is 0. The van der Waals surface area contributed by atoms with E-state index >= 15 is 0 Å². The Kier molecular flexibility index (Phi) is 6.42. The van der Waals surface area contributed by atoms with Crippen LogP contribution in [0.4, 0.5) is 17.1 Å². The molecular formula is C46H30N2OS2. The molecule has 0 radical (unpaired) electrons. The SMILES string of the molecule is C1=Cc2c(sc3c4oc5ccccc5c4n(-c4ccc(N(c5ccc(-c6ccccc6)cc5)c5ccc6c(c5)sc5ccccc56)cc4)c23)CC1. The lowest BCUT2D eigenvalue weighted by atomic mass is 10.0. The van der Waals surface area contributed by atoms with Crippen LogP contribution in [-0.2, 0) is 6.42 Å². The van der Waals surface area contributed by atoms with Crippen molar-refractivity contribution in [3.8, 4) is 16.8 Å². The van der Waals surface area contributed by atoms with Gasteiger partial charge in [0.25, 0.3) is 0 Å². The molecule has 1 aliphatic rings. The van der Waals surface area contributed by atoms with Gasteiger partial charge in [-0.25, -0.2) is 0 Å². The van der Waals surface area contributed by atoms with Gasteiger partial charge >= 0.3 is 0 Å². The minimum absolute atomic E-state index is 0.929. The lowest BCUT2D eigenvalue weighted by Gasteiger charge is -2.26. The fourth-order valence-corrected chi connectivity index (χ4v) is 10.3. The van der Waals surface area contributed by atoms with Gasteiger partial charge in [0.1, 0.15) is 11.1 Å². The van der Waals surface area contributed by atoms with Crippen LogP contribution in [0.5, 0.6) is 0 Å². The number of anilines is 3. The highest BCUT2D eigenvalue weighted by molar-refractivity contribution is 7.25. The monoisotopic (exact) mass is 690 g/mol. The molecule has 3 nitrogen and oxygen atoms in total. The number of allylic oxidation sites excluding steroid dienone is 1. The molecule has 0 unspecified atom stereocenters. The molecule has 242 valence electrons. The van der Waals surface area contributed by atoms with Gasteiger partial charge in [0.15, 0.2) is 5.58 Å². The third-order valence-corrected chi connectivity index (χ3v) is 12.6. The number of thiophene rings is 2. The van der Waals surface area contributed by atoms with Crippen LogP contribution in [0.25, 0.3) is 75.3 Å². The third-order valence-electron chi connectivity index (χ3n) is 10.3. The highest BCUT2D eigenvalue weighted by Crippen LogP contribution is 2.47. The quantitative estimate of drug-likeness (QED) is 0.179. The van der Waals surface area contributed by atoms with Crippen molar-refractivity contribution in [3.63, 3.8) is 0 Å². The van der Waals surface area contributed by atoms with E-state index in [0.29, 0.717) is 0 Å². The Morgan fingerprint density at radius 3 is 2.10 bits per heavy atom. The molecular weight excluding hydrogens is 661 g/mol. The molecule has 0 bridgehead atoms. The van der Waals surface area contributed by atoms with Crippen LogP contribution < -0.4 is 4.90 Å². The molecule has 0 N–H and O–H groups in total. The third kappa shape index (κ3) is 4.48. The second kappa shape index (κ2) is 11.3. The smallest absolute Gasteiger partial charge is 0.171 e. The number of rotatable bonds is 5. The predicted octanol–water partition coefficient (Wildman–Crippen LogP) is 14.1. The molecule has 0 saturated carbocycles. The lowest BCUT2D eigenvalue weighted by molar-refractivity contribution is 0.673. The molecule has 0 saturated heterocycles. The van der Waals surface area contributed by atoms with Gasteiger partial charge in [0, 0.05) is 58.7 Å². The maximum absolute atomic E-state index is 6.58. The number of furan rings is 1. The van der Waals surface area contributed by atoms with E-state index in [9.17, 15) is 0 Å². The van der Waals surface area contributed by atoms with Gasteiger partial charge in [-0.3, -0.25) is 0 Å². The van der Waals surface area contributed by atoms with E-state index in [1.165, 1.54) is 52.0 Å². The average Bonchev–Trinajstić information content (AvgIpc) is 3.94. The van der Waals surface area contributed by atoms with Crippen molar-refractivity contribution < 1.29 is 4.42 Å². The van der Waals surface area contributed by atoms with Crippen molar-refractivity contribution in [2.45, 2.75) is 12.8 Å². The molecule has 6 aromatic carbocycles. The molecule has 51 heavy (non-hydrogen) atoms. The number of hydrogen-bond donors (Lipinski definition) is 0. The standard InChI is InChI=1S/C46H30N2OS2/c1-2-10-29(11-3-1)30-18-20-31(21-19-30)47(34-26-27-36-35-12-5-8-16-40(35)50-42(36)28-34)32-22-24-33(25-23-32)48-43-37-13-4-7-15-39(37)49-45(43)46-44(48)38-14-6-9-17-41(38)51-46/h1-8,10-16,18-28H,9,17H2. The molecule has 0 aliphatic heterocycles. The van der Waals surface area contributed by atoms with Gasteiger partial charge in [-0.1, -0.05) is 91.0 Å². The topological polar surface area (TPSA) is 21.3 Å². The maximum Gasteiger partial charge on any atom is 0.171 e. The zero-order valence-corrected chi connectivity index (χ0v) is 29.2. The summed E-state index contributed by atoms with van der Waals surface area (Å²) in [5.74, 6) is 0. The second-order valence-corrected chi connectivity index (χ2v) is 15.4. The molecule has 1 aliphatic carbocycles. The number of nitrogens with zero attached hydrogens (tertiary/aromatic N) is 2. The fourth-order valence-electron chi connectivity index (χ4n) is 7.89. The first-order valence-corrected chi connectivity index (χ1v) is 19.0. The average molecular weight is 691 g/mol. The number of aromatic nitrogens is 1. The van der Waals surface area contributed by atoms with Crippen LogP contribution in [0.1, 0.15) is 16.9 Å². The summed E-state index contributed by atoms with van der Waals surface area (Å²) in [4.78, 5) is 3.82. The Hall–Kier alpha value is -5.88. The normalized spacial score (nSPS) is 12.9. The fraction of sp³-hybridized carbons (Fsp3) is 0.0435. The molecule has 5 heteroatoms. The van der Waals surface area contributed by atoms with Crippen LogP contribution >= 0.6 is 22.7 Å². The number of aryl methyl sites for hydroxylation is 1. The van der Waals surface area contributed by atoms with E-state index < -0.39 is 0 Å². The zero-order chi connectivity index (χ0) is 33.5. The lowest BCUT2D eigenvalue weighted by Crippen LogP contribution is -2.10. The van der Waals surface area contributed by atoms with E-state index in [0.717, 1.165) is 57.7 Å². The predicted molar refractivity (Wildman–Crippen MR) is 219 cm³/mol. The van der Waals surface area contributed by atoms with Crippen molar-refractivity contribution >= 4 is 98.3 Å². The summed E-state index contributed by atoms with van der Waals surface area (Å²) >= 11 is 3.75. The Bertz CT molecular complexity index is 2960. The highest BCUT2D eigenvalue weighted by atomic mass is 32.1. The van der Waals surface area contributed by atoms with Crippen LogP contribution in [0.15, 0.2) is 156 Å². The van der Waals surface area contributed by atoms with Gasteiger partial charge in [0.05, 0.1) is 10.2 Å². The molecule has 0 atom stereocenters. The minimum atomic E-state index is 0.929. The molecule has 0 amide bonds. The maximum atomic E-state index is 6.58. The Morgan fingerprint density at radius 1 is 0.569 bits per heavy atom. The number of benzene rings is 6. The second-order valence-electron chi connectivity index (χ2n) is 13.2. The van der Waals surface area contributed by atoms with Gasteiger partial charge in [-0.15, -0.1) is 22.7 Å². The van der Waals surface area contributed by atoms with Gasteiger partial charge in [-0.2, -0.15) is 0 Å². The first kappa shape index (κ1) is 28.9. The van der Waals surface area contributed by atoms with Crippen LogP contribution in [0.2, 0.25) is 0 Å². The van der Waals surface area contributed by atoms with E-state index in [4.69, 9.17) is 4.42 Å². The molecule has 4 heterocycles. The van der Waals surface area contributed by atoms with Crippen molar-refractivity contribution in [1.82, 2.24) is 4.57 Å². The number of para-hydroxylation sites is 1. The van der Waals surface area contributed by atoms with Crippen molar-refractivity contribution in [3.05, 3.63) is 162 Å². The molecule has 11 rings (SSSR count). The minimum Gasteiger partial charge on any atom is -0.453 e. The Morgan fingerprint density at radius 2 is 1.25 bits per heavy atom. The summed E-state index contributed by atoms with van der Waals surface area (Å²) < 4.78 is 12.9. The van der Waals surface area contributed by atoms with Crippen molar-refractivity contribution in [1.29, 1.82) is 0 Å². The van der Waals surface area contributed by atoms with Crippen LogP contribution in [0, 0.1) is 0 Å². The van der Waals surface area contributed by atoms with Crippen LogP contribution in [0.3, 0.4) is 0 Å². The first-order chi connectivity index (χ1) is 25.3. The first-order valence-electron chi connectivity index (χ1n) is 17.4. The van der Waals surface area contributed by atoms with E-state index in [1.54, 1.807) is 0 Å². The highest BCUT2D eigenvalue weighted by Gasteiger charge is 2.26. The summed E-state index contributed by atoms with van der Waals surface area (Å²) in [5.41, 5.74) is 12.6.